The molecule has 0 radical (unpaired) electrons. The van der Waals surface area contributed by atoms with E-state index in [9.17, 15) is 4.79 Å². The van der Waals surface area contributed by atoms with Crippen LogP contribution in [0.3, 0.4) is 0 Å². The van der Waals surface area contributed by atoms with Gasteiger partial charge in [-0.25, -0.2) is 0 Å². The molecule has 1 heterocycles. The summed E-state index contributed by atoms with van der Waals surface area (Å²) in [5.41, 5.74) is 4.94. The molecular weight excluding hydrogens is 384 g/mol. The van der Waals surface area contributed by atoms with Gasteiger partial charge in [0.25, 0.3) is 0 Å². The van der Waals surface area contributed by atoms with E-state index in [0.29, 0.717) is 6.54 Å². The first kappa shape index (κ1) is 20.9. The number of pyridine rings is 1. The van der Waals surface area contributed by atoms with E-state index in [1.807, 2.05) is 12.4 Å². The van der Waals surface area contributed by atoms with Gasteiger partial charge in [-0.3, -0.25) is 9.78 Å². The summed E-state index contributed by atoms with van der Waals surface area (Å²) in [7, 11) is 1.79. The first-order chi connectivity index (χ1) is 15.0. The highest BCUT2D eigenvalue weighted by atomic mass is 16.5. The monoisotopic (exact) mass is 420 g/mol. The Morgan fingerprint density at radius 1 is 1.16 bits per heavy atom. The number of aromatic nitrogens is 1. The molecule has 2 fully saturated rings. The Morgan fingerprint density at radius 2 is 2.00 bits per heavy atom. The van der Waals surface area contributed by atoms with Crippen LogP contribution in [0.15, 0.2) is 42.3 Å². The average molecular weight is 421 g/mol. The van der Waals surface area contributed by atoms with E-state index in [2.05, 4.69) is 48.4 Å². The molecule has 4 aliphatic carbocycles. The van der Waals surface area contributed by atoms with E-state index in [1.165, 1.54) is 36.8 Å². The smallest absolute Gasteiger partial charge is 0.320 e. The second-order valence-electron chi connectivity index (χ2n) is 10.7. The topological polar surface area (TPSA) is 51.2 Å². The zero-order valence-electron chi connectivity index (χ0n) is 19.2. The van der Waals surface area contributed by atoms with Gasteiger partial charge in [-0.05, 0) is 91.4 Å². The Balaban J connectivity index is 1.35. The van der Waals surface area contributed by atoms with Crippen LogP contribution in [0, 0.1) is 28.6 Å². The Morgan fingerprint density at radius 3 is 2.77 bits per heavy atom. The number of ether oxygens (including phenoxy) is 1. The fourth-order valence-corrected chi connectivity index (χ4v) is 7.64. The Kier molecular flexibility index (Phi) is 5.32. The van der Waals surface area contributed by atoms with E-state index in [4.69, 9.17) is 4.74 Å². The zero-order chi connectivity index (χ0) is 21.6. The standard InChI is InChI=1S/C27H36N2O2/c1-26-12-10-20(31-25(30)17-28-3)15-19(26)6-7-21-23-9-8-22(18-5-4-14-29-16-18)27(23,2)13-11-24(21)26/h4-6,8,14,16,20-21,23-24,28H,7,9-13,15,17H2,1-3H3/t20-,21-,23-,24-,26-,27+/m0/s1. The maximum atomic E-state index is 12.0. The van der Waals surface area contributed by atoms with E-state index in [0.717, 1.165) is 37.0 Å². The number of fused-ring (bicyclic) bond motifs is 5. The van der Waals surface area contributed by atoms with Gasteiger partial charge in [-0.1, -0.05) is 37.6 Å². The molecule has 166 valence electrons. The summed E-state index contributed by atoms with van der Waals surface area (Å²) in [6.07, 6.45) is 17.0. The highest BCUT2D eigenvalue weighted by Crippen LogP contribution is 2.66. The van der Waals surface area contributed by atoms with Gasteiger partial charge >= 0.3 is 5.97 Å². The molecule has 4 heteroatoms. The molecule has 0 saturated heterocycles. The zero-order valence-corrected chi connectivity index (χ0v) is 19.2. The molecule has 4 nitrogen and oxygen atoms in total. The van der Waals surface area contributed by atoms with Crippen molar-refractivity contribution < 1.29 is 9.53 Å². The molecule has 6 atom stereocenters. The van der Waals surface area contributed by atoms with Crippen LogP contribution in [-0.2, 0) is 9.53 Å². The lowest BCUT2D eigenvalue weighted by Crippen LogP contribution is -2.50. The molecule has 0 aromatic carbocycles. The highest BCUT2D eigenvalue weighted by Gasteiger charge is 2.57. The van der Waals surface area contributed by atoms with Crippen LogP contribution in [0.2, 0.25) is 0 Å². The number of esters is 1. The van der Waals surface area contributed by atoms with Gasteiger partial charge in [0.1, 0.15) is 6.10 Å². The molecule has 0 aliphatic heterocycles. The molecule has 0 unspecified atom stereocenters. The van der Waals surface area contributed by atoms with Gasteiger partial charge in [-0.2, -0.15) is 0 Å². The lowest BCUT2D eigenvalue weighted by atomic mass is 9.47. The summed E-state index contributed by atoms with van der Waals surface area (Å²) in [4.78, 5) is 16.4. The number of nitrogens with zero attached hydrogens (tertiary/aromatic N) is 1. The third-order valence-corrected chi connectivity index (χ3v) is 9.23. The minimum Gasteiger partial charge on any atom is -0.461 e. The first-order valence-electron chi connectivity index (χ1n) is 12.1. The van der Waals surface area contributed by atoms with Gasteiger partial charge in [0.2, 0.25) is 0 Å². The normalized spacial score (nSPS) is 38.9. The number of allylic oxidation sites excluding steroid dienone is 3. The maximum absolute atomic E-state index is 12.0. The summed E-state index contributed by atoms with van der Waals surface area (Å²) >= 11 is 0. The number of nitrogens with one attached hydrogen (secondary N) is 1. The van der Waals surface area contributed by atoms with Crippen LogP contribution in [0.4, 0.5) is 0 Å². The van der Waals surface area contributed by atoms with Crippen molar-refractivity contribution in [1.29, 1.82) is 0 Å². The Hall–Kier alpha value is -1.94. The fourth-order valence-electron chi connectivity index (χ4n) is 7.64. The number of likely N-dealkylation sites (N-methyl/N-ethyl adjacent to an activating group) is 1. The van der Waals surface area contributed by atoms with E-state index >= 15 is 0 Å². The molecule has 1 aromatic rings. The van der Waals surface area contributed by atoms with Crippen molar-refractivity contribution in [2.45, 2.75) is 64.9 Å². The summed E-state index contributed by atoms with van der Waals surface area (Å²) in [5.74, 6) is 2.10. The second-order valence-corrected chi connectivity index (χ2v) is 10.7. The third-order valence-electron chi connectivity index (χ3n) is 9.23. The fraction of sp³-hybridized carbons (Fsp3) is 0.630. The van der Waals surface area contributed by atoms with E-state index < -0.39 is 0 Å². The van der Waals surface area contributed by atoms with Crippen molar-refractivity contribution in [2.75, 3.05) is 13.6 Å². The van der Waals surface area contributed by atoms with Crippen LogP contribution in [0.1, 0.15) is 64.4 Å². The largest absolute Gasteiger partial charge is 0.461 e. The van der Waals surface area contributed by atoms with Crippen LogP contribution >= 0.6 is 0 Å². The van der Waals surface area contributed by atoms with Crippen molar-refractivity contribution in [1.82, 2.24) is 10.3 Å². The van der Waals surface area contributed by atoms with Crippen molar-refractivity contribution in [2.24, 2.45) is 28.6 Å². The van der Waals surface area contributed by atoms with Gasteiger partial charge in [0.15, 0.2) is 0 Å². The van der Waals surface area contributed by atoms with Gasteiger partial charge in [0.05, 0.1) is 6.54 Å². The Bertz CT molecular complexity index is 907. The summed E-state index contributed by atoms with van der Waals surface area (Å²) in [5, 5.41) is 2.90. The van der Waals surface area contributed by atoms with Gasteiger partial charge < -0.3 is 10.1 Å². The van der Waals surface area contributed by atoms with Crippen LogP contribution in [0.5, 0.6) is 0 Å². The number of rotatable bonds is 4. The van der Waals surface area contributed by atoms with Crippen LogP contribution in [0.25, 0.3) is 5.57 Å². The number of hydrogen-bond donors (Lipinski definition) is 1. The molecule has 31 heavy (non-hydrogen) atoms. The molecule has 1 N–H and O–H groups in total. The first-order valence-corrected chi connectivity index (χ1v) is 12.1. The van der Waals surface area contributed by atoms with Crippen molar-refractivity contribution in [3.63, 3.8) is 0 Å². The average Bonchev–Trinajstić information content (AvgIpc) is 3.12. The molecule has 0 amide bonds. The molecule has 0 bridgehead atoms. The van der Waals surface area contributed by atoms with Gasteiger partial charge in [0, 0.05) is 18.8 Å². The molecular formula is C27H36N2O2. The minimum absolute atomic E-state index is 0.0518. The minimum atomic E-state index is -0.126. The summed E-state index contributed by atoms with van der Waals surface area (Å²) in [6.45, 7) is 5.32. The quantitative estimate of drug-likeness (QED) is 0.539. The third kappa shape index (κ3) is 3.38. The lowest BCUT2D eigenvalue weighted by Gasteiger charge is -2.57. The summed E-state index contributed by atoms with van der Waals surface area (Å²) < 4.78 is 5.75. The molecule has 2 saturated carbocycles. The van der Waals surface area contributed by atoms with Crippen molar-refractivity contribution >= 4 is 11.5 Å². The lowest BCUT2D eigenvalue weighted by molar-refractivity contribution is -0.150. The number of hydrogen-bond acceptors (Lipinski definition) is 4. The maximum Gasteiger partial charge on any atom is 0.320 e. The molecule has 5 rings (SSSR count). The predicted octanol–water partition coefficient (Wildman–Crippen LogP) is 5.17. The van der Waals surface area contributed by atoms with Crippen LogP contribution < -0.4 is 5.32 Å². The number of carbonyl (C=O) groups excluding carboxylic acids is 1. The molecule has 4 aliphatic rings. The van der Waals surface area contributed by atoms with Crippen LogP contribution in [-0.4, -0.2) is 30.6 Å². The predicted molar refractivity (Wildman–Crippen MR) is 123 cm³/mol. The second kappa shape index (κ2) is 7.88. The van der Waals surface area contributed by atoms with Crippen molar-refractivity contribution in [3.05, 3.63) is 47.8 Å². The van der Waals surface area contributed by atoms with E-state index in [-0.39, 0.29) is 22.9 Å². The Labute approximate surface area is 186 Å². The summed E-state index contributed by atoms with van der Waals surface area (Å²) in [6, 6.07) is 4.30. The SMILES string of the molecule is CNCC(=O)O[C@H]1CC[C@@]2(C)C(=CC[C@@H]3[C@@H]2CC[C@]2(C)C(c4cccnc4)=CC[C@@H]32)C1. The molecule has 0 spiro atoms. The van der Waals surface area contributed by atoms with E-state index in [1.54, 1.807) is 12.6 Å². The van der Waals surface area contributed by atoms with Crippen molar-refractivity contribution in [3.8, 4) is 0 Å². The number of carbonyl (C=O) groups is 1. The van der Waals surface area contributed by atoms with Gasteiger partial charge in [-0.15, -0.1) is 0 Å². The molecule has 1 aromatic heterocycles. The highest BCUT2D eigenvalue weighted by molar-refractivity contribution is 5.72.